The molecule has 1 heterocycles. The standard InChI is InChI=1S/C22H24N2O5/c1-2-29-22(28)19(5-3-4-14-10-11-23-20(14)26)24-21(27)17-7-6-16-13-18(25)9-8-15(16)12-17/h5-9,12-14,25H,2-4,10-11H2,1H3,(H,23,26)(H,24,27)/t14-/m0/s1. The number of hydrogen-bond acceptors (Lipinski definition) is 5. The van der Waals surface area contributed by atoms with Crippen LogP contribution in [0.4, 0.5) is 0 Å². The average molecular weight is 396 g/mol. The molecule has 1 saturated heterocycles. The normalized spacial score (nSPS) is 16.5. The molecule has 2 amide bonds. The molecule has 3 N–H and O–H groups in total. The van der Waals surface area contributed by atoms with E-state index in [0.29, 0.717) is 24.9 Å². The minimum Gasteiger partial charge on any atom is -0.508 e. The van der Waals surface area contributed by atoms with Gasteiger partial charge in [-0.15, -0.1) is 0 Å². The van der Waals surface area contributed by atoms with Gasteiger partial charge in [0.1, 0.15) is 11.4 Å². The number of benzene rings is 2. The van der Waals surface area contributed by atoms with E-state index in [1.807, 2.05) is 0 Å². The molecular formula is C22H24N2O5. The minimum absolute atomic E-state index is 0.0299. The first-order valence-electron chi connectivity index (χ1n) is 9.67. The lowest BCUT2D eigenvalue weighted by atomic mass is 10.0. The fourth-order valence-electron chi connectivity index (χ4n) is 3.31. The molecule has 1 aliphatic heterocycles. The van der Waals surface area contributed by atoms with Gasteiger partial charge in [0.15, 0.2) is 0 Å². The van der Waals surface area contributed by atoms with Gasteiger partial charge in [-0.1, -0.05) is 18.2 Å². The van der Waals surface area contributed by atoms with Crippen molar-refractivity contribution >= 4 is 28.6 Å². The number of esters is 1. The zero-order valence-corrected chi connectivity index (χ0v) is 16.2. The third-order valence-electron chi connectivity index (χ3n) is 4.86. The average Bonchev–Trinajstić information content (AvgIpc) is 3.11. The molecule has 0 saturated carbocycles. The highest BCUT2D eigenvalue weighted by Crippen LogP contribution is 2.21. The second-order valence-electron chi connectivity index (χ2n) is 6.89. The van der Waals surface area contributed by atoms with Crippen LogP contribution in [-0.2, 0) is 14.3 Å². The molecular weight excluding hydrogens is 372 g/mol. The van der Waals surface area contributed by atoms with Crippen molar-refractivity contribution in [3.8, 4) is 5.75 Å². The van der Waals surface area contributed by atoms with Gasteiger partial charge in [0.05, 0.1) is 6.61 Å². The van der Waals surface area contributed by atoms with E-state index in [2.05, 4.69) is 10.6 Å². The smallest absolute Gasteiger partial charge is 0.354 e. The van der Waals surface area contributed by atoms with Gasteiger partial charge in [0.25, 0.3) is 5.91 Å². The summed E-state index contributed by atoms with van der Waals surface area (Å²) in [5, 5.41) is 16.6. The highest BCUT2D eigenvalue weighted by Gasteiger charge is 2.23. The van der Waals surface area contributed by atoms with Crippen molar-refractivity contribution in [3.05, 3.63) is 53.7 Å². The summed E-state index contributed by atoms with van der Waals surface area (Å²) < 4.78 is 5.04. The lowest BCUT2D eigenvalue weighted by Gasteiger charge is -2.11. The van der Waals surface area contributed by atoms with E-state index < -0.39 is 11.9 Å². The maximum atomic E-state index is 12.7. The lowest BCUT2D eigenvalue weighted by molar-refractivity contribution is -0.138. The van der Waals surface area contributed by atoms with Crippen LogP contribution in [0.5, 0.6) is 5.75 Å². The summed E-state index contributed by atoms with van der Waals surface area (Å²) in [6.07, 6.45) is 3.47. The maximum Gasteiger partial charge on any atom is 0.354 e. The summed E-state index contributed by atoms with van der Waals surface area (Å²) in [6, 6.07) is 9.93. The van der Waals surface area contributed by atoms with Gasteiger partial charge in [-0.05, 0) is 61.2 Å². The number of carbonyl (C=O) groups is 3. The number of hydrogen-bond donors (Lipinski definition) is 3. The molecule has 1 fully saturated rings. The number of ether oxygens (including phenoxy) is 1. The topological polar surface area (TPSA) is 105 Å². The summed E-state index contributed by atoms with van der Waals surface area (Å²) in [5.74, 6) is -0.928. The quantitative estimate of drug-likeness (QED) is 0.493. The number of rotatable bonds is 7. The summed E-state index contributed by atoms with van der Waals surface area (Å²) >= 11 is 0. The van der Waals surface area contributed by atoms with Crippen molar-refractivity contribution in [1.29, 1.82) is 0 Å². The second-order valence-corrected chi connectivity index (χ2v) is 6.89. The van der Waals surface area contributed by atoms with Gasteiger partial charge in [0.2, 0.25) is 5.91 Å². The Kier molecular flexibility index (Phi) is 6.49. The number of phenolic OH excluding ortho intramolecular Hbond substituents is 1. The largest absolute Gasteiger partial charge is 0.508 e. The number of nitrogens with one attached hydrogen (secondary N) is 2. The van der Waals surface area contributed by atoms with Crippen LogP contribution < -0.4 is 10.6 Å². The van der Waals surface area contributed by atoms with Crippen molar-refractivity contribution in [2.24, 2.45) is 5.92 Å². The van der Waals surface area contributed by atoms with E-state index in [-0.39, 0.29) is 29.9 Å². The van der Waals surface area contributed by atoms with Gasteiger partial charge in [0, 0.05) is 18.0 Å². The third kappa shape index (κ3) is 5.13. The number of amides is 2. The summed E-state index contributed by atoms with van der Waals surface area (Å²) in [6.45, 7) is 2.56. The maximum absolute atomic E-state index is 12.7. The fraction of sp³-hybridized carbons (Fsp3) is 0.318. The minimum atomic E-state index is -0.609. The molecule has 29 heavy (non-hydrogen) atoms. The van der Waals surface area contributed by atoms with Crippen molar-refractivity contribution in [1.82, 2.24) is 10.6 Å². The third-order valence-corrected chi connectivity index (χ3v) is 4.86. The number of aromatic hydroxyl groups is 1. The van der Waals surface area contributed by atoms with Crippen molar-refractivity contribution in [2.75, 3.05) is 13.2 Å². The molecule has 0 aliphatic carbocycles. The Labute approximate surface area is 168 Å². The van der Waals surface area contributed by atoms with Gasteiger partial charge in [-0.25, -0.2) is 4.79 Å². The summed E-state index contributed by atoms with van der Waals surface area (Å²) in [5.41, 5.74) is 0.453. The molecule has 7 nitrogen and oxygen atoms in total. The van der Waals surface area contributed by atoms with Gasteiger partial charge >= 0.3 is 5.97 Å². The molecule has 0 aromatic heterocycles. The van der Waals surface area contributed by atoms with Gasteiger partial charge in [-0.3, -0.25) is 9.59 Å². The number of carbonyl (C=O) groups excluding carboxylic acids is 3. The van der Waals surface area contributed by atoms with E-state index in [1.54, 1.807) is 49.4 Å². The van der Waals surface area contributed by atoms with Crippen LogP contribution in [0.25, 0.3) is 10.8 Å². The SMILES string of the molecule is CCOC(=O)C(=CCC[C@H]1CCNC1=O)NC(=O)c1ccc2cc(O)ccc2c1. The number of phenols is 1. The first kappa shape index (κ1) is 20.4. The van der Waals surface area contributed by atoms with Crippen LogP contribution in [0.15, 0.2) is 48.2 Å². The van der Waals surface area contributed by atoms with E-state index in [0.717, 1.165) is 17.2 Å². The highest BCUT2D eigenvalue weighted by molar-refractivity contribution is 6.03. The number of allylic oxidation sites excluding steroid dienone is 1. The molecule has 2 aromatic carbocycles. The fourth-order valence-corrected chi connectivity index (χ4v) is 3.31. The highest BCUT2D eigenvalue weighted by atomic mass is 16.5. The van der Waals surface area contributed by atoms with Crippen molar-refractivity contribution in [3.63, 3.8) is 0 Å². The first-order chi connectivity index (χ1) is 14.0. The Bertz CT molecular complexity index is 967. The number of fused-ring (bicyclic) bond motifs is 1. The molecule has 0 bridgehead atoms. The Morgan fingerprint density at radius 2 is 2.00 bits per heavy atom. The van der Waals surface area contributed by atoms with E-state index in [4.69, 9.17) is 4.74 Å². The Balaban J connectivity index is 1.73. The predicted octanol–water partition coefficient (Wildman–Crippen LogP) is 2.64. The predicted molar refractivity (Wildman–Crippen MR) is 108 cm³/mol. The Morgan fingerprint density at radius 3 is 2.72 bits per heavy atom. The van der Waals surface area contributed by atoms with Crippen LogP contribution in [0.3, 0.4) is 0 Å². The molecule has 0 radical (unpaired) electrons. The Morgan fingerprint density at radius 1 is 1.24 bits per heavy atom. The van der Waals surface area contributed by atoms with E-state index >= 15 is 0 Å². The zero-order valence-electron chi connectivity index (χ0n) is 16.2. The van der Waals surface area contributed by atoms with Crippen molar-refractivity contribution < 1.29 is 24.2 Å². The van der Waals surface area contributed by atoms with Crippen LogP contribution >= 0.6 is 0 Å². The van der Waals surface area contributed by atoms with Crippen LogP contribution in [0.2, 0.25) is 0 Å². The first-order valence-corrected chi connectivity index (χ1v) is 9.67. The molecule has 1 aliphatic rings. The molecule has 152 valence electrons. The van der Waals surface area contributed by atoms with Gasteiger partial charge in [-0.2, -0.15) is 0 Å². The van der Waals surface area contributed by atoms with Gasteiger partial charge < -0.3 is 20.5 Å². The zero-order chi connectivity index (χ0) is 20.8. The summed E-state index contributed by atoms with van der Waals surface area (Å²) in [7, 11) is 0. The van der Waals surface area contributed by atoms with Crippen molar-refractivity contribution in [2.45, 2.75) is 26.2 Å². The Hall–Kier alpha value is -3.35. The monoisotopic (exact) mass is 396 g/mol. The van der Waals surface area contributed by atoms with E-state index in [1.165, 1.54) is 0 Å². The second kappa shape index (κ2) is 9.23. The molecule has 3 rings (SSSR count). The summed E-state index contributed by atoms with van der Waals surface area (Å²) in [4.78, 5) is 36.6. The molecule has 0 spiro atoms. The van der Waals surface area contributed by atoms with Crippen LogP contribution in [0.1, 0.15) is 36.5 Å². The van der Waals surface area contributed by atoms with E-state index in [9.17, 15) is 19.5 Å². The molecule has 0 unspecified atom stereocenters. The molecule has 7 heteroatoms. The molecule has 1 atom stereocenters. The molecule has 2 aromatic rings. The van der Waals surface area contributed by atoms with Crippen LogP contribution in [0, 0.1) is 5.92 Å². The lowest BCUT2D eigenvalue weighted by Crippen LogP contribution is -2.28. The van der Waals surface area contributed by atoms with Crippen LogP contribution in [-0.4, -0.2) is 36.0 Å².